The lowest BCUT2D eigenvalue weighted by Crippen LogP contribution is -2.37. The Bertz CT molecular complexity index is 403. The first-order valence-electron chi connectivity index (χ1n) is 5.30. The molecule has 0 unspecified atom stereocenters. The van der Waals surface area contributed by atoms with Crippen molar-refractivity contribution in [2.24, 2.45) is 0 Å². The Morgan fingerprint density at radius 3 is 2.39 bits per heavy atom. The molecule has 0 bridgehead atoms. The van der Waals surface area contributed by atoms with Crippen LogP contribution in [0.1, 0.15) is 18.6 Å². The van der Waals surface area contributed by atoms with Gasteiger partial charge < -0.3 is 14.6 Å². The van der Waals surface area contributed by atoms with Gasteiger partial charge in [-0.2, -0.15) is 8.78 Å². The number of aliphatic hydroxyl groups is 1. The Morgan fingerprint density at radius 2 is 1.94 bits per heavy atom. The molecule has 0 saturated carbocycles. The van der Waals surface area contributed by atoms with Gasteiger partial charge >= 0.3 is 11.9 Å². The topological polar surface area (TPSA) is 55.8 Å². The third-order valence-electron chi connectivity index (χ3n) is 2.32. The van der Waals surface area contributed by atoms with Crippen molar-refractivity contribution in [3.63, 3.8) is 0 Å². The second-order valence-corrected chi connectivity index (χ2v) is 3.52. The molecular formula is C12H14F2O4. The van der Waals surface area contributed by atoms with E-state index in [0.29, 0.717) is 5.75 Å². The Kier molecular flexibility index (Phi) is 4.61. The van der Waals surface area contributed by atoms with Crippen LogP contribution in [0, 0.1) is 0 Å². The fourth-order valence-electron chi connectivity index (χ4n) is 1.33. The first kappa shape index (κ1) is 14.4. The summed E-state index contributed by atoms with van der Waals surface area (Å²) in [6, 6.07) is 5.35. The Morgan fingerprint density at radius 1 is 1.39 bits per heavy atom. The Balaban J connectivity index is 2.90. The van der Waals surface area contributed by atoms with Crippen molar-refractivity contribution in [2.45, 2.75) is 19.0 Å². The second-order valence-electron chi connectivity index (χ2n) is 3.52. The number of esters is 1. The quantitative estimate of drug-likeness (QED) is 0.822. The third-order valence-corrected chi connectivity index (χ3v) is 2.32. The minimum absolute atomic E-state index is 0.0890. The highest BCUT2D eigenvalue weighted by Gasteiger charge is 2.48. The first-order chi connectivity index (χ1) is 8.43. The normalized spacial score (nSPS) is 12.9. The molecule has 4 nitrogen and oxygen atoms in total. The third kappa shape index (κ3) is 2.95. The van der Waals surface area contributed by atoms with Gasteiger partial charge in [-0.1, -0.05) is 12.1 Å². The number of carbonyl (C=O) groups is 1. The van der Waals surface area contributed by atoms with E-state index < -0.39 is 18.0 Å². The second kappa shape index (κ2) is 5.77. The van der Waals surface area contributed by atoms with Gasteiger partial charge in [-0.15, -0.1) is 0 Å². The van der Waals surface area contributed by atoms with E-state index in [4.69, 9.17) is 4.74 Å². The van der Waals surface area contributed by atoms with E-state index in [-0.39, 0.29) is 12.2 Å². The van der Waals surface area contributed by atoms with Gasteiger partial charge in [-0.3, -0.25) is 0 Å². The minimum Gasteiger partial charge on any atom is -0.497 e. The van der Waals surface area contributed by atoms with E-state index in [0.717, 1.165) is 0 Å². The number of hydrogen-bond donors (Lipinski definition) is 1. The van der Waals surface area contributed by atoms with E-state index in [1.54, 1.807) is 0 Å². The zero-order valence-electron chi connectivity index (χ0n) is 10.0. The maximum Gasteiger partial charge on any atom is 0.380 e. The van der Waals surface area contributed by atoms with Gasteiger partial charge in [0.15, 0.2) is 6.10 Å². The summed E-state index contributed by atoms with van der Waals surface area (Å²) < 4.78 is 36.1. The van der Waals surface area contributed by atoms with Crippen LogP contribution in [0.4, 0.5) is 8.78 Å². The molecule has 0 radical (unpaired) electrons. The molecule has 0 fully saturated rings. The van der Waals surface area contributed by atoms with Gasteiger partial charge in [-0.05, 0) is 24.6 Å². The maximum absolute atomic E-state index is 13.5. The van der Waals surface area contributed by atoms with Gasteiger partial charge in [0.1, 0.15) is 5.75 Å². The number of hydrogen-bond acceptors (Lipinski definition) is 4. The lowest BCUT2D eigenvalue weighted by Gasteiger charge is -2.20. The fourth-order valence-corrected chi connectivity index (χ4v) is 1.33. The van der Waals surface area contributed by atoms with Gasteiger partial charge in [0, 0.05) is 0 Å². The van der Waals surface area contributed by atoms with Crippen LogP contribution in [-0.4, -0.2) is 30.7 Å². The summed E-state index contributed by atoms with van der Waals surface area (Å²) in [6.07, 6.45) is -2.25. The van der Waals surface area contributed by atoms with Crippen LogP contribution in [0.25, 0.3) is 0 Å². The lowest BCUT2D eigenvalue weighted by atomic mass is 10.0. The Labute approximate surface area is 103 Å². The van der Waals surface area contributed by atoms with Crippen molar-refractivity contribution in [3.8, 4) is 5.75 Å². The van der Waals surface area contributed by atoms with Crippen molar-refractivity contribution in [3.05, 3.63) is 29.8 Å². The molecule has 0 aliphatic heterocycles. The monoisotopic (exact) mass is 260 g/mol. The predicted octanol–water partition coefficient (Wildman–Crippen LogP) is 1.93. The van der Waals surface area contributed by atoms with E-state index in [2.05, 4.69) is 4.74 Å². The molecule has 1 rings (SSSR count). The standard InChI is InChI=1S/C12H14F2O4/c1-3-18-11(16)12(13,14)10(15)8-4-6-9(17-2)7-5-8/h4-7,10,15H,3H2,1-2H3/t10-/m0/s1. The van der Waals surface area contributed by atoms with E-state index in [1.165, 1.54) is 38.3 Å². The molecule has 0 spiro atoms. The highest BCUT2D eigenvalue weighted by molar-refractivity contribution is 5.78. The molecule has 0 heterocycles. The van der Waals surface area contributed by atoms with E-state index in [9.17, 15) is 18.7 Å². The summed E-state index contributed by atoms with van der Waals surface area (Å²) >= 11 is 0. The van der Waals surface area contributed by atoms with Crippen LogP contribution in [0.2, 0.25) is 0 Å². The van der Waals surface area contributed by atoms with Gasteiger partial charge in [0.2, 0.25) is 0 Å². The lowest BCUT2D eigenvalue weighted by molar-refractivity contribution is -0.189. The van der Waals surface area contributed by atoms with Crippen LogP contribution in [0.3, 0.4) is 0 Å². The number of methoxy groups -OCH3 is 1. The first-order valence-corrected chi connectivity index (χ1v) is 5.30. The molecule has 1 N–H and O–H groups in total. The molecule has 0 aliphatic carbocycles. The highest BCUT2D eigenvalue weighted by atomic mass is 19.3. The highest BCUT2D eigenvalue weighted by Crippen LogP contribution is 2.33. The summed E-state index contributed by atoms with van der Waals surface area (Å²) in [5.41, 5.74) is -0.0890. The predicted molar refractivity (Wildman–Crippen MR) is 59.5 cm³/mol. The molecule has 1 atom stereocenters. The molecule has 0 aromatic heterocycles. The summed E-state index contributed by atoms with van der Waals surface area (Å²) in [5, 5.41) is 9.52. The largest absolute Gasteiger partial charge is 0.497 e. The number of halogens is 2. The van der Waals surface area contributed by atoms with Crippen LogP contribution in [-0.2, 0) is 9.53 Å². The average molecular weight is 260 g/mol. The molecule has 1 aromatic rings. The molecule has 0 saturated heterocycles. The number of alkyl halides is 2. The van der Waals surface area contributed by atoms with Crippen LogP contribution >= 0.6 is 0 Å². The number of ether oxygens (including phenoxy) is 2. The number of carbonyl (C=O) groups excluding carboxylic acids is 1. The van der Waals surface area contributed by atoms with Crippen molar-refractivity contribution < 1.29 is 28.2 Å². The average Bonchev–Trinajstić information content (AvgIpc) is 2.38. The molecular weight excluding hydrogens is 246 g/mol. The van der Waals surface area contributed by atoms with Gasteiger partial charge in [0.25, 0.3) is 0 Å². The minimum atomic E-state index is -3.98. The van der Waals surface area contributed by atoms with E-state index in [1.807, 2.05) is 0 Å². The summed E-state index contributed by atoms with van der Waals surface area (Å²) in [5.74, 6) is -5.26. The van der Waals surface area contributed by atoms with Crippen molar-refractivity contribution in [1.82, 2.24) is 0 Å². The van der Waals surface area contributed by atoms with Crippen molar-refractivity contribution in [2.75, 3.05) is 13.7 Å². The fraction of sp³-hybridized carbons (Fsp3) is 0.417. The SMILES string of the molecule is CCOC(=O)C(F)(F)[C@@H](O)c1ccc(OC)cc1. The summed E-state index contributed by atoms with van der Waals surface area (Å²) in [4.78, 5) is 11.0. The Hall–Kier alpha value is -1.69. The van der Waals surface area contributed by atoms with Gasteiger partial charge in [0.05, 0.1) is 13.7 Å². The van der Waals surface area contributed by atoms with Crippen molar-refractivity contribution in [1.29, 1.82) is 0 Å². The van der Waals surface area contributed by atoms with Crippen LogP contribution in [0.15, 0.2) is 24.3 Å². The molecule has 1 aromatic carbocycles. The van der Waals surface area contributed by atoms with Gasteiger partial charge in [-0.25, -0.2) is 4.79 Å². The van der Waals surface area contributed by atoms with Crippen molar-refractivity contribution >= 4 is 5.97 Å². The molecule has 100 valence electrons. The molecule has 18 heavy (non-hydrogen) atoms. The summed E-state index contributed by atoms with van der Waals surface area (Å²) in [7, 11) is 1.43. The van der Waals surface area contributed by atoms with Crippen LogP contribution < -0.4 is 4.74 Å². The number of benzene rings is 1. The number of aliphatic hydroxyl groups excluding tert-OH is 1. The van der Waals surface area contributed by atoms with E-state index >= 15 is 0 Å². The zero-order valence-corrected chi connectivity index (χ0v) is 10.0. The zero-order chi connectivity index (χ0) is 13.8. The van der Waals surface area contributed by atoms with Crippen LogP contribution in [0.5, 0.6) is 5.75 Å². The molecule has 0 aliphatic rings. The maximum atomic E-state index is 13.5. The molecule has 6 heteroatoms. The smallest absolute Gasteiger partial charge is 0.380 e. The number of rotatable bonds is 5. The molecule has 0 amide bonds. The summed E-state index contributed by atoms with van der Waals surface area (Å²) in [6.45, 7) is 1.23.